The second-order valence-corrected chi connectivity index (χ2v) is 8.22. The van der Waals surface area contributed by atoms with Crippen LogP contribution in [0.4, 0.5) is 0 Å². The summed E-state index contributed by atoms with van der Waals surface area (Å²) in [5, 5.41) is 12.7. The third-order valence-corrected chi connectivity index (χ3v) is 5.74. The molecule has 3 aromatic rings. The Kier molecular flexibility index (Phi) is 6.85. The zero-order valence-corrected chi connectivity index (χ0v) is 18.0. The normalized spacial score (nSPS) is 13.9. The lowest BCUT2D eigenvalue weighted by Gasteiger charge is -2.32. The number of amides is 2. The lowest BCUT2D eigenvalue weighted by Crippen LogP contribution is -2.45. The van der Waals surface area contributed by atoms with E-state index in [0.29, 0.717) is 24.9 Å². The van der Waals surface area contributed by atoms with E-state index in [2.05, 4.69) is 5.32 Å². The first-order valence-corrected chi connectivity index (χ1v) is 11.1. The van der Waals surface area contributed by atoms with E-state index in [1.807, 2.05) is 60.7 Å². The molecule has 1 unspecified atom stereocenters. The maximum Gasteiger partial charge on any atom is 0.247 e. The molecule has 1 saturated carbocycles. The van der Waals surface area contributed by atoms with Crippen molar-refractivity contribution in [3.05, 3.63) is 102 Å². The predicted molar refractivity (Wildman–Crippen MR) is 124 cm³/mol. The first kappa shape index (κ1) is 21.6. The van der Waals surface area contributed by atoms with E-state index >= 15 is 0 Å². The molecule has 4 rings (SSSR count). The van der Waals surface area contributed by atoms with E-state index < -0.39 is 6.04 Å². The van der Waals surface area contributed by atoms with E-state index in [0.717, 1.165) is 24.0 Å². The van der Waals surface area contributed by atoms with Gasteiger partial charge in [0, 0.05) is 19.0 Å². The standard InChI is InChI=1S/C27H28N2O3/c30-24-16-12-22(13-17-24)26(27(32)28-19-21-9-5-2-6-10-21)29(23-14-15-23)25(31)18-11-20-7-3-1-4-8-20/h1-10,12-13,16-17,23,26,30H,11,14-15,18-19H2,(H,28,32). The van der Waals surface area contributed by atoms with Crippen LogP contribution in [0.15, 0.2) is 84.9 Å². The maximum atomic E-state index is 13.4. The third-order valence-electron chi connectivity index (χ3n) is 5.74. The van der Waals surface area contributed by atoms with E-state index in [-0.39, 0.29) is 23.6 Å². The molecule has 0 saturated heterocycles. The SMILES string of the molecule is O=C(NCc1ccccc1)C(c1ccc(O)cc1)N(C(=O)CCc1ccccc1)C1CC1. The fourth-order valence-electron chi connectivity index (χ4n) is 3.91. The predicted octanol–water partition coefficient (Wildman–Crippen LogP) is 4.37. The van der Waals surface area contributed by atoms with Crippen molar-refractivity contribution in [2.75, 3.05) is 0 Å². The molecule has 164 valence electrons. The fourth-order valence-corrected chi connectivity index (χ4v) is 3.91. The summed E-state index contributed by atoms with van der Waals surface area (Å²) in [6, 6.07) is 25.5. The van der Waals surface area contributed by atoms with Gasteiger partial charge >= 0.3 is 0 Å². The average molecular weight is 429 g/mol. The summed E-state index contributed by atoms with van der Waals surface area (Å²) in [5.41, 5.74) is 2.80. The lowest BCUT2D eigenvalue weighted by atomic mass is 10.0. The Morgan fingerprint density at radius 3 is 2.06 bits per heavy atom. The van der Waals surface area contributed by atoms with E-state index in [4.69, 9.17) is 0 Å². The summed E-state index contributed by atoms with van der Waals surface area (Å²) in [7, 11) is 0. The van der Waals surface area contributed by atoms with Gasteiger partial charge in [-0.3, -0.25) is 9.59 Å². The molecule has 1 aliphatic rings. The van der Waals surface area contributed by atoms with Gasteiger partial charge in [-0.25, -0.2) is 0 Å². The van der Waals surface area contributed by atoms with Gasteiger partial charge in [-0.15, -0.1) is 0 Å². The molecule has 1 fully saturated rings. The Morgan fingerprint density at radius 2 is 1.47 bits per heavy atom. The highest BCUT2D eigenvalue weighted by Gasteiger charge is 2.40. The van der Waals surface area contributed by atoms with E-state index in [1.54, 1.807) is 29.2 Å². The minimum atomic E-state index is -0.727. The summed E-state index contributed by atoms with van der Waals surface area (Å²) in [6.07, 6.45) is 2.78. The summed E-state index contributed by atoms with van der Waals surface area (Å²) in [6.45, 7) is 0.394. The molecule has 0 spiro atoms. The number of hydrogen-bond acceptors (Lipinski definition) is 3. The zero-order chi connectivity index (χ0) is 22.3. The summed E-state index contributed by atoms with van der Waals surface area (Å²) in [5.74, 6) is -0.102. The van der Waals surface area contributed by atoms with Crippen molar-refractivity contribution in [3.8, 4) is 5.75 Å². The molecule has 5 heteroatoms. The summed E-state index contributed by atoms with van der Waals surface area (Å²) < 4.78 is 0. The number of carbonyl (C=O) groups is 2. The largest absolute Gasteiger partial charge is 0.508 e. The third kappa shape index (κ3) is 5.55. The van der Waals surface area contributed by atoms with Crippen molar-refractivity contribution in [1.82, 2.24) is 10.2 Å². The Hall–Kier alpha value is -3.60. The molecular weight excluding hydrogens is 400 g/mol. The van der Waals surface area contributed by atoms with Crippen molar-refractivity contribution in [2.45, 2.75) is 44.3 Å². The van der Waals surface area contributed by atoms with Crippen molar-refractivity contribution in [1.29, 1.82) is 0 Å². The molecule has 32 heavy (non-hydrogen) atoms. The maximum absolute atomic E-state index is 13.4. The fraction of sp³-hybridized carbons (Fsp3) is 0.259. The van der Waals surface area contributed by atoms with Crippen LogP contribution in [0, 0.1) is 0 Å². The molecule has 0 aromatic heterocycles. The Bertz CT molecular complexity index is 1030. The monoisotopic (exact) mass is 428 g/mol. The quantitative estimate of drug-likeness (QED) is 0.532. The number of nitrogens with zero attached hydrogens (tertiary/aromatic N) is 1. The molecule has 0 bridgehead atoms. The molecular formula is C27H28N2O3. The molecule has 2 N–H and O–H groups in total. The number of carbonyl (C=O) groups excluding carboxylic acids is 2. The van der Waals surface area contributed by atoms with Crippen LogP contribution >= 0.6 is 0 Å². The number of aryl methyl sites for hydroxylation is 1. The number of phenolic OH excluding ortho intramolecular Hbond substituents is 1. The second-order valence-electron chi connectivity index (χ2n) is 8.22. The van der Waals surface area contributed by atoms with Gasteiger partial charge in [0.05, 0.1) is 0 Å². The molecule has 5 nitrogen and oxygen atoms in total. The number of hydrogen-bond donors (Lipinski definition) is 2. The van der Waals surface area contributed by atoms with Crippen LogP contribution in [0.2, 0.25) is 0 Å². The molecule has 2 amide bonds. The first-order valence-electron chi connectivity index (χ1n) is 11.1. The summed E-state index contributed by atoms with van der Waals surface area (Å²) >= 11 is 0. The minimum absolute atomic E-state index is 0.0238. The van der Waals surface area contributed by atoms with Crippen LogP contribution in [-0.4, -0.2) is 27.9 Å². The smallest absolute Gasteiger partial charge is 0.247 e. The number of nitrogens with one attached hydrogen (secondary N) is 1. The first-order chi connectivity index (χ1) is 15.6. The van der Waals surface area contributed by atoms with E-state index in [1.165, 1.54) is 0 Å². The van der Waals surface area contributed by atoms with Crippen molar-refractivity contribution in [3.63, 3.8) is 0 Å². The van der Waals surface area contributed by atoms with Gasteiger partial charge < -0.3 is 15.3 Å². The highest BCUT2D eigenvalue weighted by molar-refractivity contribution is 5.89. The Labute approximate surface area is 188 Å². The van der Waals surface area contributed by atoms with Crippen molar-refractivity contribution >= 4 is 11.8 Å². The molecule has 3 aromatic carbocycles. The molecule has 0 heterocycles. The minimum Gasteiger partial charge on any atom is -0.508 e. The zero-order valence-electron chi connectivity index (χ0n) is 18.0. The van der Waals surface area contributed by atoms with Gasteiger partial charge in [-0.1, -0.05) is 72.8 Å². The molecule has 0 aliphatic heterocycles. The van der Waals surface area contributed by atoms with Gasteiger partial charge in [0.2, 0.25) is 11.8 Å². The van der Waals surface area contributed by atoms with Gasteiger partial charge in [0.25, 0.3) is 0 Å². The van der Waals surface area contributed by atoms with Gasteiger partial charge in [-0.2, -0.15) is 0 Å². The molecule has 0 radical (unpaired) electrons. The van der Waals surface area contributed by atoms with Gasteiger partial charge in [-0.05, 0) is 48.1 Å². The summed E-state index contributed by atoms with van der Waals surface area (Å²) in [4.78, 5) is 28.5. The van der Waals surface area contributed by atoms with Crippen molar-refractivity contribution in [2.24, 2.45) is 0 Å². The van der Waals surface area contributed by atoms with Crippen LogP contribution in [0.1, 0.15) is 42.0 Å². The number of rotatable bonds is 9. The number of benzene rings is 3. The van der Waals surface area contributed by atoms with E-state index in [9.17, 15) is 14.7 Å². The topological polar surface area (TPSA) is 69.6 Å². The lowest BCUT2D eigenvalue weighted by molar-refractivity contribution is -0.141. The molecule has 1 atom stereocenters. The highest BCUT2D eigenvalue weighted by atomic mass is 16.3. The molecule has 1 aliphatic carbocycles. The van der Waals surface area contributed by atoms with Crippen LogP contribution in [-0.2, 0) is 22.6 Å². The van der Waals surface area contributed by atoms with Gasteiger partial charge in [0.1, 0.15) is 11.8 Å². The van der Waals surface area contributed by atoms with Crippen LogP contribution in [0.25, 0.3) is 0 Å². The Morgan fingerprint density at radius 1 is 0.875 bits per heavy atom. The van der Waals surface area contributed by atoms with Gasteiger partial charge in [0.15, 0.2) is 0 Å². The van der Waals surface area contributed by atoms with Crippen molar-refractivity contribution < 1.29 is 14.7 Å². The second kappa shape index (κ2) is 10.1. The number of aromatic hydroxyl groups is 1. The Balaban J connectivity index is 1.55. The average Bonchev–Trinajstić information content (AvgIpc) is 3.66. The van der Waals surface area contributed by atoms with Crippen LogP contribution in [0.3, 0.4) is 0 Å². The highest BCUT2D eigenvalue weighted by Crippen LogP contribution is 2.36. The van der Waals surface area contributed by atoms with Crippen LogP contribution in [0.5, 0.6) is 5.75 Å². The number of phenols is 1. The van der Waals surface area contributed by atoms with Crippen LogP contribution < -0.4 is 5.32 Å².